The molecule has 1 aromatic heterocycles. The highest BCUT2D eigenvalue weighted by molar-refractivity contribution is 7.13. The number of hydrogen-bond donors (Lipinski definition) is 2. The van der Waals surface area contributed by atoms with Crippen LogP contribution in [0.15, 0.2) is 83.3 Å². The van der Waals surface area contributed by atoms with Crippen LogP contribution in [0.25, 0.3) is 10.8 Å². The third kappa shape index (κ3) is 4.22. The minimum Gasteiger partial charge on any atom is -0.323 e. The van der Waals surface area contributed by atoms with Crippen molar-refractivity contribution in [1.29, 1.82) is 0 Å². The summed E-state index contributed by atoms with van der Waals surface area (Å²) in [5.41, 5.74) is 1.21. The van der Waals surface area contributed by atoms with Gasteiger partial charge in [-0.1, -0.05) is 54.6 Å². The molecule has 124 valence electrons. The van der Waals surface area contributed by atoms with Gasteiger partial charge in [0.25, 0.3) is 5.91 Å². The summed E-state index contributed by atoms with van der Waals surface area (Å²) in [5, 5.41) is 11.2. The summed E-state index contributed by atoms with van der Waals surface area (Å²) in [6, 6.07) is 23.1. The quantitative estimate of drug-likeness (QED) is 0.414. The Kier molecular flexibility index (Phi) is 5.39. The van der Waals surface area contributed by atoms with Gasteiger partial charge in [0.05, 0.1) is 11.2 Å². The Morgan fingerprint density at radius 3 is 2.44 bits per heavy atom. The molecule has 4 nitrogen and oxygen atoms in total. The number of fused-ring (bicyclic) bond motifs is 1. The zero-order valence-electron chi connectivity index (χ0n) is 13.4. The summed E-state index contributed by atoms with van der Waals surface area (Å²) in [5.74, 6) is 5.11. The van der Waals surface area contributed by atoms with Crippen LogP contribution in [0.5, 0.6) is 0 Å². The number of nitrogens with two attached hydrogens (primary N) is 1. The Morgan fingerprint density at radius 1 is 0.960 bits per heavy atom. The number of amides is 1. The van der Waals surface area contributed by atoms with Crippen molar-refractivity contribution in [1.82, 2.24) is 0 Å². The van der Waals surface area contributed by atoms with Gasteiger partial charge in [0, 0.05) is 11.1 Å². The van der Waals surface area contributed by atoms with Gasteiger partial charge >= 0.3 is 0 Å². The van der Waals surface area contributed by atoms with Crippen LogP contribution in [0.4, 0.5) is 5.00 Å². The molecule has 0 fully saturated rings. The number of carbonyl (C=O) groups is 1. The van der Waals surface area contributed by atoms with Gasteiger partial charge in [-0.15, -0.1) is 11.3 Å². The SMILES string of the molecule is N/N=C/c1cc2ccccc2cc1C(=O)Nc1cccccccs1. The molecule has 0 bridgehead atoms. The van der Waals surface area contributed by atoms with E-state index in [4.69, 9.17) is 5.84 Å². The van der Waals surface area contributed by atoms with Crippen molar-refractivity contribution in [2.45, 2.75) is 0 Å². The van der Waals surface area contributed by atoms with Crippen molar-refractivity contribution in [3.8, 4) is 0 Å². The third-order valence-corrected chi connectivity index (χ3v) is 4.36. The van der Waals surface area contributed by atoms with Crippen LogP contribution in [0, 0.1) is 0 Å². The molecule has 3 N–H and O–H groups in total. The first-order valence-electron chi connectivity index (χ1n) is 7.72. The van der Waals surface area contributed by atoms with E-state index in [1.54, 1.807) is 0 Å². The first-order chi connectivity index (χ1) is 12.3. The maximum atomic E-state index is 12.8. The first-order valence-corrected chi connectivity index (χ1v) is 8.60. The molecule has 0 atom stereocenters. The van der Waals surface area contributed by atoms with Crippen molar-refractivity contribution in [3.63, 3.8) is 0 Å². The minimum atomic E-state index is -0.201. The van der Waals surface area contributed by atoms with E-state index in [9.17, 15) is 4.79 Å². The van der Waals surface area contributed by atoms with Gasteiger partial charge in [0.2, 0.25) is 0 Å². The van der Waals surface area contributed by atoms with Gasteiger partial charge in [-0.25, -0.2) is 0 Å². The van der Waals surface area contributed by atoms with Crippen molar-refractivity contribution in [2.24, 2.45) is 10.9 Å². The maximum absolute atomic E-state index is 12.8. The molecule has 0 radical (unpaired) electrons. The van der Waals surface area contributed by atoms with Gasteiger partial charge in [0.1, 0.15) is 0 Å². The van der Waals surface area contributed by atoms with Crippen LogP contribution in [-0.4, -0.2) is 12.1 Å². The van der Waals surface area contributed by atoms with E-state index in [1.807, 2.05) is 78.2 Å². The Labute approximate surface area is 149 Å². The van der Waals surface area contributed by atoms with Gasteiger partial charge in [0.15, 0.2) is 0 Å². The molecule has 0 saturated carbocycles. The molecular weight excluding hydrogens is 330 g/mol. The number of hydrogen-bond acceptors (Lipinski definition) is 4. The molecule has 25 heavy (non-hydrogen) atoms. The zero-order valence-corrected chi connectivity index (χ0v) is 14.2. The fourth-order valence-corrected chi connectivity index (χ4v) is 3.05. The van der Waals surface area contributed by atoms with Crippen LogP contribution < -0.4 is 11.2 Å². The smallest absolute Gasteiger partial charge is 0.256 e. The highest BCUT2D eigenvalue weighted by Gasteiger charge is 2.12. The van der Waals surface area contributed by atoms with Gasteiger partial charge in [-0.05, 0) is 34.4 Å². The lowest BCUT2D eigenvalue weighted by Gasteiger charge is -2.09. The molecule has 0 saturated heterocycles. The molecule has 0 unspecified atom stereocenters. The first kappa shape index (κ1) is 16.7. The molecule has 0 aliphatic heterocycles. The second-order valence-electron chi connectivity index (χ2n) is 5.27. The van der Waals surface area contributed by atoms with Crippen LogP contribution in [0.2, 0.25) is 0 Å². The maximum Gasteiger partial charge on any atom is 0.256 e. The van der Waals surface area contributed by atoms with E-state index >= 15 is 0 Å². The van der Waals surface area contributed by atoms with E-state index in [2.05, 4.69) is 10.4 Å². The number of anilines is 1. The van der Waals surface area contributed by atoms with Crippen molar-refractivity contribution >= 4 is 39.2 Å². The number of nitrogens with zero attached hydrogens (tertiary/aromatic N) is 1. The lowest BCUT2D eigenvalue weighted by Crippen LogP contribution is -2.14. The van der Waals surface area contributed by atoms with Crippen molar-refractivity contribution in [2.75, 3.05) is 5.32 Å². The summed E-state index contributed by atoms with van der Waals surface area (Å²) >= 11 is 1.44. The van der Waals surface area contributed by atoms with Gasteiger partial charge in [-0.2, -0.15) is 5.10 Å². The third-order valence-electron chi connectivity index (χ3n) is 3.58. The molecule has 5 heteroatoms. The largest absolute Gasteiger partial charge is 0.323 e. The zero-order chi connectivity index (χ0) is 17.5. The van der Waals surface area contributed by atoms with Crippen molar-refractivity contribution < 1.29 is 4.79 Å². The lowest BCUT2D eigenvalue weighted by atomic mass is 10.0. The standard InChI is InChI=1S/C20H17N3OS/c21-22-14-17-12-15-8-5-6-9-16(15)13-18(17)20(24)23-19-10-4-2-1-3-7-11-25-19/h1-14H,21H2,(H,23,24)/b3-1?,4-2?,11-7?,19-10?,22-14+. The number of rotatable bonds is 3. The average Bonchev–Trinajstić information content (AvgIpc) is 2.75. The predicted molar refractivity (Wildman–Crippen MR) is 106 cm³/mol. The molecule has 0 aliphatic carbocycles. The van der Waals surface area contributed by atoms with E-state index in [1.165, 1.54) is 17.6 Å². The summed E-state index contributed by atoms with van der Waals surface area (Å²) < 4.78 is 0. The van der Waals surface area contributed by atoms with Crippen LogP contribution in [0.1, 0.15) is 15.9 Å². The monoisotopic (exact) mass is 347 g/mol. The number of hydrazone groups is 1. The minimum absolute atomic E-state index is 0.201. The second kappa shape index (κ2) is 8.08. The highest BCUT2D eigenvalue weighted by Crippen LogP contribution is 2.21. The second-order valence-corrected chi connectivity index (χ2v) is 6.21. The number of benzene rings is 2. The Bertz CT molecular complexity index is 953. The molecule has 3 aromatic rings. The molecule has 0 spiro atoms. The topological polar surface area (TPSA) is 67.5 Å². The fraction of sp³-hybridized carbons (Fsp3) is 0. The Hall–Kier alpha value is -3.18. The molecule has 0 aliphatic rings. The summed E-state index contributed by atoms with van der Waals surface area (Å²) in [6.45, 7) is 0. The van der Waals surface area contributed by atoms with Crippen molar-refractivity contribution in [3.05, 3.63) is 89.3 Å². The highest BCUT2D eigenvalue weighted by atomic mass is 32.1. The van der Waals surface area contributed by atoms with E-state index in [0.29, 0.717) is 11.1 Å². The summed E-state index contributed by atoms with van der Waals surface area (Å²) in [6.07, 6.45) is 1.50. The predicted octanol–water partition coefficient (Wildman–Crippen LogP) is 4.57. The molecule has 2 aromatic carbocycles. The Balaban J connectivity index is 2.02. The van der Waals surface area contributed by atoms with E-state index < -0.39 is 0 Å². The molecular formula is C20H17N3OS. The normalized spacial score (nSPS) is 10.6. The number of carbonyl (C=O) groups excluding carboxylic acids is 1. The van der Waals surface area contributed by atoms with Crippen LogP contribution >= 0.6 is 11.3 Å². The number of nitrogens with one attached hydrogen (secondary N) is 1. The summed E-state index contributed by atoms with van der Waals surface area (Å²) in [4.78, 5) is 12.8. The molecule has 1 heterocycles. The van der Waals surface area contributed by atoms with E-state index in [-0.39, 0.29) is 5.91 Å². The lowest BCUT2D eigenvalue weighted by molar-refractivity contribution is 0.102. The van der Waals surface area contributed by atoms with Gasteiger partial charge in [-0.3, -0.25) is 4.79 Å². The van der Waals surface area contributed by atoms with E-state index in [0.717, 1.165) is 15.8 Å². The average molecular weight is 347 g/mol. The molecule has 1 amide bonds. The van der Waals surface area contributed by atoms with Crippen LogP contribution in [-0.2, 0) is 0 Å². The summed E-state index contributed by atoms with van der Waals surface area (Å²) in [7, 11) is 0. The fourth-order valence-electron chi connectivity index (χ4n) is 2.42. The Morgan fingerprint density at radius 2 is 1.64 bits per heavy atom. The van der Waals surface area contributed by atoms with Gasteiger partial charge < -0.3 is 11.2 Å². The molecule has 3 rings (SSSR count). The van der Waals surface area contributed by atoms with Crippen LogP contribution in [0.3, 0.4) is 0 Å².